The average molecular weight is 285 g/mol. The zero-order valence-electron chi connectivity index (χ0n) is 10.2. The Kier molecular flexibility index (Phi) is 4.18. The molecule has 1 saturated heterocycles. The van der Waals surface area contributed by atoms with E-state index in [1.165, 1.54) is 18.2 Å². The highest BCUT2D eigenvalue weighted by Crippen LogP contribution is 2.15. The lowest BCUT2D eigenvalue weighted by Crippen LogP contribution is -2.38. The molecule has 0 spiro atoms. The summed E-state index contributed by atoms with van der Waals surface area (Å²) in [5, 5.41) is 8.86. The fraction of sp³-hybridized carbons (Fsp3) is 0.417. The molecule has 0 saturated carbocycles. The predicted octanol–water partition coefficient (Wildman–Crippen LogP) is 0.842. The smallest absolute Gasteiger partial charge is 0.335 e. The molecule has 7 heteroatoms. The van der Waals surface area contributed by atoms with Crippen LogP contribution in [0.1, 0.15) is 23.2 Å². The standard InChI is InChI=1S/C12H15NO5S/c14-12(15)9-2-1-3-11(8-9)19(16,17)13-10-4-6-18-7-5-10/h1-3,8,10,13H,4-7H2,(H,14,15). The summed E-state index contributed by atoms with van der Waals surface area (Å²) in [4.78, 5) is 10.8. The van der Waals surface area contributed by atoms with Gasteiger partial charge in [0.2, 0.25) is 10.0 Å². The molecule has 0 aliphatic carbocycles. The SMILES string of the molecule is O=C(O)c1cccc(S(=O)(=O)NC2CCOCC2)c1. The lowest BCUT2D eigenvalue weighted by atomic mass is 10.1. The topological polar surface area (TPSA) is 92.7 Å². The zero-order valence-corrected chi connectivity index (χ0v) is 11.0. The third kappa shape index (κ3) is 3.52. The van der Waals surface area contributed by atoms with Crippen molar-refractivity contribution in [3.8, 4) is 0 Å². The van der Waals surface area contributed by atoms with E-state index in [-0.39, 0.29) is 16.5 Å². The Hall–Kier alpha value is -1.44. The number of hydrogen-bond acceptors (Lipinski definition) is 4. The molecule has 0 bridgehead atoms. The third-order valence-electron chi connectivity index (χ3n) is 2.93. The maximum atomic E-state index is 12.1. The molecular formula is C12H15NO5S. The van der Waals surface area contributed by atoms with Gasteiger partial charge in [-0.15, -0.1) is 0 Å². The van der Waals surface area contributed by atoms with E-state index >= 15 is 0 Å². The molecule has 6 nitrogen and oxygen atoms in total. The van der Waals surface area contributed by atoms with Gasteiger partial charge in [-0.3, -0.25) is 0 Å². The lowest BCUT2D eigenvalue weighted by molar-refractivity contribution is 0.0696. The Morgan fingerprint density at radius 2 is 2.00 bits per heavy atom. The maximum Gasteiger partial charge on any atom is 0.335 e. The van der Waals surface area contributed by atoms with Crippen molar-refractivity contribution in [3.05, 3.63) is 29.8 Å². The number of hydrogen-bond donors (Lipinski definition) is 2. The van der Waals surface area contributed by atoms with Crippen molar-refractivity contribution in [2.24, 2.45) is 0 Å². The minimum Gasteiger partial charge on any atom is -0.478 e. The molecule has 104 valence electrons. The van der Waals surface area contributed by atoms with E-state index in [9.17, 15) is 13.2 Å². The van der Waals surface area contributed by atoms with Crippen LogP contribution in [0.4, 0.5) is 0 Å². The maximum absolute atomic E-state index is 12.1. The third-order valence-corrected chi connectivity index (χ3v) is 4.45. The Balaban J connectivity index is 2.18. The van der Waals surface area contributed by atoms with E-state index in [2.05, 4.69) is 4.72 Å². The average Bonchev–Trinajstić information content (AvgIpc) is 2.39. The van der Waals surface area contributed by atoms with E-state index in [1.807, 2.05) is 0 Å². The molecule has 0 radical (unpaired) electrons. The molecule has 19 heavy (non-hydrogen) atoms. The van der Waals surface area contributed by atoms with Gasteiger partial charge in [-0.2, -0.15) is 0 Å². The first-order valence-electron chi connectivity index (χ1n) is 5.92. The van der Waals surface area contributed by atoms with Crippen LogP contribution in [0.15, 0.2) is 29.2 Å². The van der Waals surface area contributed by atoms with Crippen LogP contribution in [0.2, 0.25) is 0 Å². The van der Waals surface area contributed by atoms with E-state index in [1.54, 1.807) is 0 Å². The Bertz CT molecular complexity index is 563. The number of carbonyl (C=O) groups is 1. The molecule has 1 aliphatic rings. The van der Waals surface area contributed by atoms with Crippen LogP contribution in [-0.4, -0.2) is 38.7 Å². The van der Waals surface area contributed by atoms with Crippen molar-refractivity contribution in [2.45, 2.75) is 23.8 Å². The zero-order chi connectivity index (χ0) is 13.9. The fourth-order valence-electron chi connectivity index (χ4n) is 1.90. The van der Waals surface area contributed by atoms with Gasteiger partial charge in [0.1, 0.15) is 0 Å². The number of aromatic carboxylic acids is 1. The highest BCUT2D eigenvalue weighted by atomic mass is 32.2. The highest BCUT2D eigenvalue weighted by Gasteiger charge is 2.22. The number of benzene rings is 1. The highest BCUT2D eigenvalue weighted by molar-refractivity contribution is 7.89. The van der Waals surface area contributed by atoms with Gasteiger partial charge in [-0.05, 0) is 31.0 Å². The summed E-state index contributed by atoms with van der Waals surface area (Å²) in [6.07, 6.45) is 1.25. The van der Waals surface area contributed by atoms with Crippen LogP contribution >= 0.6 is 0 Å². The number of rotatable bonds is 4. The largest absolute Gasteiger partial charge is 0.478 e. The van der Waals surface area contributed by atoms with Crippen LogP contribution in [0.5, 0.6) is 0 Å². The summed E-state index contributed by atoms with van der Waals surface area (Å²) >= 11 is 0. The summed E-state index contributed by atoms with van der Waals surface area (Å²) in [6.45, 7) is 1.06. The molecule has 2 N–H and O–H groups in total. The van der Waals surface area contributed by atoms with Crippen LogP contribution in [0.3, 0.4) is 0 Å². The molecule has 1 fully saturated rings. The first-order valence-corrected chi connectivity index (χ1v) is 7.41. The van der Waals surface area contributed by atoms with Gasteiger partial charge in [0.05, 0.1) is 10.5 Å². The molecule has 1 aromatic carbocycles. The van der Waals surface area contributed by atoms with Crippen LogP contribution < -0.4 is 4.72 Å². The van der Waals surface area contributed by atoms with Crippen molar-refractivity contribution in [1.29, 1.82) is 0 Å². The van der Waals surface area contributed by atoms with E-state index < -0.39 is 16.0 Å². The fourth-order valence-corrected chi connectivity index (χ4v) is 3.25. The minimum absolute atomic E-state index is 0.0288. The van der Waals surface area contributed by atoms with Crippen LogP contribution in [0, 0.1) is 0 Å². The van der Waals surface area contributed by atoms with Crippen molar-refractivity contribution in [1.82, 2.24) is 4.72 Å². The second-order valence-corrected chi connectivity index (χ2v) is 6.05. The van der Waals surface area contributed by atoms with Crippen molar-refractivity contribution < 1.29 is 23.1 Å². The first-order chi connectivity index (χ1) is 8.99. The lowest BCUT2D eigenvalue weighted by Gasteiger charge is -2.22. The monoisotopic (exact) mass is 285 g/mol. The van der Waals surface area contributed by atoms with Gasteiger partial charge in [0.25, 0.3) is 0 Å². The van der Waals surface area contributed by atoms with Gasteiger partial charge in [-0.1, -0.05) is 6.07 Å². The number of sulfonamides is 1. The van der Waals surface area contributed by atoms with E-state index in [0.29, 0.717) is 26.1 Å². The number of ether oxygens (including phenoxy) is 1. The van der Waals surface area contributed by atoms with E-state index in [0.717, 1.165) is 6.07 Å². The minimum atomic E-state index is -3.68. The predicted molar refractivity (Wildman–Crippen MR) is 67.6 cm³/mol. The van der Waals surface area contributed by atoms with Crippen molar-refractivity contribution >= 4 is 16.0 Å². The van der Waals surface area contributed by atoms with Crippen LogP contribution in [-0.2, 0) is 14.8 Å². The summed E-state index contributed by atoms with van der Waals surface area (Å²) in [6, 6.07) is 5.16. The van der Waals surface area contributed by atoms with Crippen LogP contribution in [0.25, 0.3) is 0 Å². The van der Waals surface area contributed by atoms with Gasteiger partial charge < -0.3 is 9.84 Å². The molecule has 0 unspecified atom stereocenters. The molecule has 1 aromatic rings. The van der Waals surface area contributed by atoms with Gasteiger partial charge >= 0.3 is 5.97 Å². The molecule has 2 rings (SSSR count). The van der Waals surface area contributed by atoms with Gasteiger partial charge in [-0.25, -0.2) is 17.9 Å². The number of nitrogens with one attached hydrogen (secondary N) is 1. The molecule has 0 amide bonds. The molecule has 0 atom stereocenters. The second kappa shape index (κ2) is 5.68. The summed E-state index contributed by atoms with van der Waals surface area (Å²) < 4.78 is 32.0. The molecule has 0 aromatic heterocycles. The summed E-state index contributed by atoms with van der Waals surface area (Å²) in [5.74, 6) is -1.15. The number of carboxylic acid groups (broad SMARTS) is 1. The van der Waals surface area contributed by atoms with Crippen molar-refractivity contribution in [2.75, 3.05) is 13.2 Å². The van der Waals surface area contributed by atoms with E-state index in [4.69, 9.17) is 9.84 Å². The summed E-state index contributed by atoms with van der Waals surface area (Å²) in [5.41, 5.74) is -0.0464. The summed E-state index contributed by atoms with van der Waals surface area (Å²) in [7, 11) is -3.68. The molecular weight excluding hydrogens is 270 g/mol. The van der Waals surface area contributed by atoms with Crippen molar-refractivity contribution in [3.63, 3.8) is 0 Å². The Morgan fingerprint density at radius 1 is 1.32 bits per heavy atom. The first kappa shape index (κ1) is 14.0. The quantitative estimate of drug-likeness (QED) is 0.855. The van der Waals surface area contributed by atoms with Gasteiger partial charge in [0, 0.05) is 19.3 Å². The molecule has 1 heterocycles. The Morgan fingerprint density at radius 3 is 2.63 bits per heavy atom. The van der Waals surface area contributed by atoms with Gasteiger partial charge in [0.15, 0.2) is 0 Å². The number of carboxylic acids is 1. The normalized spacial score (nSPS) is 17.3. The Labute approximate surface area is 111 Å². The molecule has 1 aliphatic heterocycles. The second-order valence-electron chi connectivity index (χ2n) is 4.34.